The highest BCUT2D eigenvalue weighted by molar-refractivity contribution is 7.89. The molecule has 0 spiro atoms. The Morgan fingerprint density at radius 1 is 1.00 bits per heavy atom. The van der Waals surface area contributed by atoms with E-state index in [0.717, 1.165) is 24.8 Å². The highest BCUT2D eigenvalue weighted by atomic mass is 35.5. The molecule has 1 saturated heterocycles. The molecule has 0 radical (unpaired) electrons. The Morgan fingerprint density at radius 3 is 2.35 bits per heavy atom. The van der Waals surface area contributed by atoms with Gasteiger partial charge in [-0.3, -0.25) is 0 Å². The van der Waals surface area contributed by atoms with Gasteiger partial charge in [0.2, 0.25) is 10.0 Å². The Labute approximate surface area is 158 Å². The van der Waals surface area contributed by atoms with Crippen LogP contribution in [0.2, 0.25) is 5.02 Å². The van der Waals surface area contributed by atoms with E-state index in [4.69, 9.17) is 16.3 Å². The first-order valence-electron chi connectivity index (χ1n) is 8.49. The Balaban J connectivity index is 1.79. The number of carbonyl (C=O) groups excluding carboxylic acids is 1. The molecular weight excluding hydrogens is 374 g/mol. The highest BCUT2D eigenvalue weighted by Gasteiger charge is 2.30. The van der Waals surface area contributed by atoms with Gasteiger partial charge in [-0.25, -0.2) is 13.2 Å². The van der Waals surface area contributed by atoms with Gasteiger partial charge in [0.1, 0.15) is 6.61 Å². The first-order valence-corrected chi connectivity index (χ1v) is 10.3. The molecule has 0 aromatic heterocycles. The third-order valence-electron chi connectivity index (χ3n) is 4.32. The largest absolute Gasteiger partial charge is 0.457 e. The molecule has 5 nitrogen and oxygen atoms in total. The second-order valence-electron chi connectivity index (χ2n) is 6.16. The summed E-state index contributed by atoms with van der Waals surface area (Å²) < 4.78 is 32.6. The van der Waals surface area contributed by atoms with Crippen LogP contribution in [0.3, 0.4) is 0 Å². The minimum atomic E-state index is -3.71. The molecule has 1 aliphatic heterocycles. The molecule has 3 rings (SSSR count). The molecule has 0 unspecified atom stereocenters. The van der Waals surface area contributed by atoms with Crippen molar-refractivity contribution in [2.24, 2.45) is 0 Å². The third-order valence-corrected chi connectivity index (χ3v) is 6.53. The van der Waals surface area contributed by atoms with E-state index in [9.17, 15) is 13.2 Å². The lowest BCUT2D eigenvalue weighted by Gasteiger charge is -2.26. The fraction of sp³-hybridized carbons (Fsp3) is 0.316. The van der Waals surface area contributed by atoms with E-state index in [2.05, 4.69) is 0 Å². The summed E-state index contributed by atoms with van der Waals surface area (Å²) in [4.78, 5) is 12.5. The third kappa shape index (κ3) is 4.26. The lowest BCUT2D eigenvalue weighted by atomic mass is 10.2. The summed E-state index contributed by atoms with van der Waals surface area (Å²) in [5.41, 5.74) is 0.839. The summed E-state index contributed by atoms with van der Waals surface area (Å²) in [6.07, 6.45) is 2.70. The molecular formula is C19H20ClNO4S. The van der Waals surface area contributed by atoms with Crippen LogP contribution < -0.4 is 0 Å². The van der Waals surface area contributed by atoms with Crippen LogP contribution in [0.15, 0.2) is 53.4 Å². The second-order valence-corrected chi connectivity index (χ2v) is 8.51. The number of ether oxygens (including phenoxy) is 1. The molecule has 0 N–H and O–H groups in total. The van der Waals surface area contributed by atoms with Gasteiger partial charge in [-0.1, -0.05) is 42.3 Å². The standard InChI is InChI=1S/C19H20ClNO4S/c20-16-10-8-15(9-11-16)14-25-19(22)17-6-2-3-7-18(17)26(23,24)21-12-4-1-5-13-21/h2-3,6-11H,1,4-5,12-14H2. The zero-order valence-electron chi connectivity index (χ0n) is 14.2. The van der Waals surface area contributed by atoms with Crippen LogP contribution >= 0.6 is 11.6 Å². The number of halogens is 1. The topological polar surface area (TPSA) is 63.7 Å². The van der Waals surface area contributed by atoms with E-state index in [1.165, 1.54) is 16.4 Å². The smallest absolute Gasteiger partial charge is 0.339 e. The fourth-order valence-electron chi connectivity index (χ4n) is 2.91. The van der Waals surface area contributed by atoms with Crippen molar-refractivity contribution in [3.05, 3.63) is 64.7 Å². The molecule has 1 fully saturated rings. The summed E-state index contributed by atoms with van der Waals surface area (Å²) in [7, 11) is -3.71. The first kappa shape index (κ1) is 18.9. The lowest BCUT2D eigenvalue weighted by molar-refractivity contribution is 0.0468. The summed E-state index contributed by atoms with van der Waals surface area (Å²) in [5, 5.41) is 0.595. The van der Waals surface area contributed by atoms with Crippen LogP contribution in [0, 0.1) is 0 Å². The zero-order valence-corrected chi connectivity index (χ0v) is 15.8. The van der Waals surface area contributed by atoms with Crippen LogP contribution in [0.5, 0.6) is 0 Å². The van der Waals surface area contributed by atoms with Crippen molar-refractivity contribution in [3.63, 3.8) is 0 Å². The molecule has 2 aromatic carbocycles. The van der Waals surface area contributed by atoms with E-state index in [1.807, 2.05) is 0 Å². The van der Waals surface area contributed by atoms with Crippen molar-refractivity contribution >= 4 is 27.6 Å². The molecule has 1 heterocycles. The molecule has 7 heteroatoms. The number of rotatable bonds is 5. The van der Waals surface area contributed by atoms with Gasteiger partial charge < -0.3 is 4.74 Å². The van der Waals surface area contributed by atoms with Gasteiger partial charge in [-0.15, -0.1) is 0 Å². The van der Waals surface area contributed by atoms with Crippen molar-refractivity contribution < 1.29 is 17.9 Å². The highest BCUT2D eigenvalue weighted by Crippen LogP contribution is 2.24. The number of benzene rings is 2. The maximum atomic E-state index is 12.9. The molecule has 2 aromatic rings. The fourth-order valence-corrected chi connectivity index (χ4v) is 4.73. The molecule has 0 atom stereocenters. The number of nitrogens with zero attached hydrogens (tertiary/aromatic N) is 1. The van der Waals surface area contributed by atoms with Crippen molar-refractivity contribution in [1.29, 1.82) is 0 Å². The zero-order chi connectivity index (χ0) is 18.6. The monoisotopic (exact) mass is 393 g/mol. The second kappa shape index (κ2) is 8.20. The average molecular weight is 394 g/mol. The van der Waals surface area contributed by atoms with Gasteiger partial charge in [0.15, 0.2) is 0 Å². The van der Waals surface area contributed by atoms with Gasteiger partial charge in [-0.2, -0.15) is 4.31 Å². The maximum absolute atomic E-state index is 12.9. The number of sulfonamides is 1. The van der Waals surface area contributed by atoms with Crippen LogP contribution in [0.4, 0.5) is 0 Å². The molecule has 0 bridgehead atoms. The number of hydrogen-bond acceptors (Lipinski definition) is 4. The quantitative estimate of drug-likeness (QED) is 0.723. The lowest BCUT2D eigenvalue weighted by Crippen LogP contribution is -2.36. The van der Waals surface area contributed by atoms with E-state index < -0.39 is 16.0 Å². The van der Waals surface area contributed by atoms with Crippen molar-refractivity contribution in [2.75, 3.05) is 13.1 Å². The van der Waals surface area contributed by atoms with Crippen molar-refractivity contribution in [1.82, 2.24) is 4.31 Å². The maximum Gasteiger partial charge on any atom is 0.339 e. The van der Waals surface area contributed by atoms with Crippen LogP contribution in [0.25, 0.3) is 0 Å². The molecule has 1 aliphatic rings. The van der Waals surface area contributed by atoms with E-state index in [-0.39, 0.29) is 17.1 Å². The van der Waals surface area contributed by atoms with Gasteiger partial charge in [-0.05, 0) is 42.7 Å². The minimum Gasteiger partial charge on any atom is -0.457 e. The van der Waals surface area contributed by atoms with Crippen molar-refractivity contribution in [3.8, 4) is 0 Å². The Kier molecular flexibility index (Phi) is 5.96. The van der Waals surface area contributed by atoms with Crippen LogP contribution in [-0.4, -0.2) is 31.8 Å². The molecule has 0 saturated carbocycles. The van der Waals surface area contributed by atoms with Gasteiger partial charge in [0.25, 0.3) is 0 Å². The molecule has 138 valence electrons. The summed E-state index contributed by atoms with van der Waals surface area (Å²) in [6.45, 7) is 1.01. The number of piperidine rings is 1. The normalized spacial score (nSPS) is 15.6. The Morgan fingerprint density at radius 2 is 1.65 bits per heavy atom. The summed E-state index contributed by atoms with van der Waals surface area (Å²) in [6, 6.07) is 13.1. The van der Waals surface area contributed by atoms with Crippen molar-refractivity contribution in [2.45, 2.75) is 30.8 Å². The predicted molar refractivity (Wildman–Crippen MR) is 99.6 cm³/mol. The molecule has 26 heavy (non-hydrogen) atoms. The van der Waals surface area contributed by atoms with Crippen LogP contribution in [-0.2, 0) is 21.4 Å². The summed E-state index contributed by atoms with van der Waals surface area (Å²) >= 11 is 5.84. The average Bonchev–Trinajstić information content (AvgIpc) is 2.68. The predicted octanol–water partition coefficient (Wildman–Crippen LogP) is 3.87. The first-order chi connectivity index (χ1) is 12.5. The van der Waals surface area contributed by atoms with E-state index >= 15 is 0 Å². The Bertz CT molecular complexity index is 875. The molecule has 0 amide bonds. The number of carbonyl (C=O) groups is 1. The number of esters is 1. The minimum absolute atomic E-state index is 0.00278. The SMILES string of the molecule is O=C(OCc1ccc(Cl)cc1)c1ccccc1S(=O)(=O)N1CCCCC1. The van der Waals surface area contributed by atoms with Gasteiger partial charge in [0.05, 0.1) is 10.5 Å². The number of hydrogen-bond donors (Lipinski definition) is 0. The van der Waals surface area contributed by atoms with E-state index in [0.29, 0.717) is 18.1 Å². The summed E-state index contributed by atoms with van der Waals surface area (Å²) in [5.74, 6) is -0.656. The molecule has 0 aliphatic carbocycles. The Hall–Kier alpha value is -1.89. The van der Waals surface area contributed by atoms with Crippen LogP contribution in [0.1, 0.15) is 35.2 Å². The van der Waals surface area contributed by atoms with E-state index in [1.54, 1.807) is 36.4 Å². The van der Waals surface area contributed by atoms with Gasteiger partial charge >= 0.3 is 5.97 Å². The van der Waals surface area contributed by atoms with Gasteiger partial charge in [0, 0.05) is 18.1 Å².